The van der Waals surface area contributed by atoms with Crippen molar-refractivity contribution in [3.63, 3.8) is 0 Å². The summed E-state index contributed by atoms with van der Waals surface area (Å²) in [5, 5.41) is 2.82. The number of benzene rings is 1. The number of hydrogen-bond acceptors (Lipinski definition) is 3. The summed E-state index contributed by atoms with van der Waals surface area (Å²) in [6.07, 6.45) is 1.77. The number of ether oxygens (including phenoxy) is 1. The monoisotopic (exact) mass is 271 g/mol. The molecule has 0 saturated heterocycles. The average Bonchev–Trinajstić information content (AvgIpc) is 3.03. The minimum Gasteiger partial charge on any atom is -0.495 e. The Morgan fingerprint density at radius 1 is 1.32 bits per heavy atom. The van der Waals surface area contributed by atoms with Crippen LogP contribution in [0, 0.1) is 6.92 Å². The molecule has 3 aromatic rings. The van der Waals surface area contributed by atoms with E-state index in [9.17, 15) is 4.79 Å². The fraction of sp³-hybridized carbons (Fsp3) is 0.133. The first-order valence-electron chi connectivity index (χ1n) is 5.94. The van der Waals surface area contributed by atoms with E-state index in [1.54, 1.807) is 13.3 Å². The van der Waals surface area contributed by atoms with Gasteiger partial charge >= 0.3 is 0 Å². The number of carbonyl (C=O) groups excluding carboxylic acids is 1. The van der Waals surface area contributed by atoms with E-state index in [-0.39, 0.29) is 5.78 Å². The fourth-order valence-electron chi connectivity index (χ4n) is 2.17. The molecule has 0 aliphatic heterocycles. The van der Waals surface area contributed by atoms with Gasteiger partial charge in [0.2, 0.25) is 5.78 Å². The van der Waals surface area contributed by atoms with Crippen LogP contribution in [0.2, 0.25) is 0 Å². The van der Waals surface area contributed by atoms with E-state index < -0.39 is 0 Å². The molecule has 0 unspecified atom stereocenters. The van der Waals surface area contributed by atoms with Crippen molar-refractivity contribution in [2.75, 3.05) is 7.11 Å². The predicted molar refractivity (Wildman–Crippen MR) is 77.3 cm³/mol. The molecule has 19 heavy (non-hydrogen) atoms. The van der Waals surface area contributed by atoms with Crippen molar-refractivity contribution < 1.29 is 9.53 Å². The number of carbonyl (C=O) groups is 1. The number of ketones is 1. The summed E-state index contributed by atoms with van der Waals surface area (Å²) in [6.45, 7) is 2.03. The topological polar surface area (TPSA) is 42.1 Å². The lowest BCUT2D eigenvalue weighted by Crippen LogP contribution is -1.99. The summed E-state index contributed by atoms with van der Waals surface area (Å²) < 4.78 is 5.22. The second-order valence-corrected chi connectivity index (χ2v) is 5.31. The van der Waals surface area contributed by atoms with Gasteiger partial charge in [-0.25, -0.2) is 0 Å². The van der Waals surface area contributed by atoms with Gasteiger partial charge in [-0.05, 0) is 30.0 Å². The highest BCUT2D eigenvalue weighted by atomic mass is 32.1. The van der Waals surface area contributed by atoms with Crippen molar-refractivity contribution in [1.29, 1.82) is 0 Å². The van der Waals surface area contributed by atoms with Crippen molar-refractivity contribution in [3.8, 4) is 5.75 Å². The third-order valence-corrected chi connectivity index (χ3v) is 4.03. The van der Waals surface area contributed by atoms with Crippen LogP contribution in [0.4, 0.5) is 0 Å². The third kappa shape index (κ3) is 1.94. The summed E-state index contributed by atoms with van der Waals surface area (Å²) >= 11 is 1.40. The van der Waals surface area contributed by atoms with Gasteiger partial charge in [0.15, 0.2) is 0 Å². The van der Waals surface area contributed by atoms with Crippen LogP contribution >= 0.6 is 11.3 Å². The first-order valence-corrected chi connectivity index (χ1v) is 6.82. The molecule has 2 heterocycles. The molecule has 2 aromatic heterocycles. The Balaban J connectivity index is 2.12. The number of nitrogens with one attached hydrogen (secondary N) is 1. The number of methoxy groups -OCH3 is 1. The molecule has 96 valence electrons. The Hall–Kier alpha value is -2.07. The van der Waals surface area contributed by atoms with Crippen LogP contribution in [-0.4, -0.2) is 17.9 Å². The van der Waals surface area contributed by atoms with Crippen LogP contribution in [0.15, 0.2) is 35.8 Å². The second kappa shape index (κ2) is 4.55. The van der Waals surface area contributed by atoms with Crippen LogP contribution in [0.3, 0.4) is 0 Å². The first kappa shape index (κ1) is 12.0. The quantitative estimate of drug-likeness (QED) is 0.737. The van der Waals surface area contributed by atoms with Gasteiger partial charge in [0.05, 0.1) is 7.11 Å². The highest BCUT2D eigenvalue weighted by Gasteiger charge is 2.19. The van der Waals surface area contributed by atoms with E-state index in [4.69, 9.17) is 4.74 Å². The molecule has 3 rings (SSSR count). The minimum absolute atomic E-state index is 0.00181. The van der Waals surface area contributed by atoms with Gasteiger partial charge in [-0.2, -0.15) is 0 Å². The summed E-state index contributed by atoms with van der Waals surface area (Å²) in [5.41, 5.74) is 2.84. The number of hydrogen-bond donors (Lipinski definition) is 1. The van der Waals surface area contributed by atoms with Gasteiger partial charge in [0.1, 0.15) is 10.6 Å². The third-order valence-electron chi connectivity index (χ3n) is 3.14. The van der Waals surface area contributed by atoms with Crippen molar-refractivity contribution in [3.05, 3.63) is 51.8 Å². The number of fused-ring (bicyclic) bond motifs is 1. The molecule has 0 fully saturated rings. The SMILES string of the molecule is COc1ccsc1C(=O)c1c[nH]c2cc(C)ccc12. The molecule has 0 saturated carbocycles. The highest BCUT2D eigenvalue weighted by molar-refractivity contribution is 7.12. The van der Waals surface area contributed by atoms with Gasteiger partial charge in [0.25, 0.3) is 0 Å². The Labute approximate surface area is 114 Å². The van der Waals surface area contributed by atoms with Gasteiger partial charge in [-0.15, -0.1) is 11.3 Å². The molecule has 3 nitrogen and oxygen atoms in total. The summed E-state index contributed by atoms with van der Waals surface area (Å²) in [7, 11) is 1.58. The molecule has 4 heteroatoms. The lowest BCUT2D eigenvalue weighted by Gasteiger charge is -2.01. The lowest BCUT2D eigenvalue weighted by molar-refractivity contribution is 0.104. The molecule has 0 radical (unpaired) electrons. The van der Waals surface area contributed by atoms with Gasteiger partial charge in [-0.3, -0.25) is 4.79 Å². The Bertz CT molecular complexity index is 754. The largest absolute Gasteiger partial charge is 0.495 e. The van der Waals surface area contributed by atoms with Crippen molar-refractivity contribution in [2.45, 2.75) is 6.92 Å². The van der Waals surface area contributed by atoms with E-state index in [0.717, 1.165) is 10.9 Å². The van der Waals surface area contributed by atoms with Gasteiger partial charge in [-0.1, -0.05) is 12.1 Å². The van der Waals surface area contributed by atoms with Crippen LogP contribution in [0.1, 0.15) is 20.8 Å². The maximum Gasteiger partial charge on any atom is 0.208 e. The van der Waals surface area contributed by atoms with E-state index in [1.165, 1.54) is 16.9 Å². The zero-order valence-electron chi connectivity index (χ0n) is 10.7. The normalized spacial score (nSPS) is 10.8. The molecule has 0 atom stereocenters. The Morgan fingerprint density at radius 3 is 2.95 bits per heavy atom. The molecule has 1 N–H and O–H groups in total. The van der Waals surface area contributed by atoms with E-state index in [2.05, 4.69) is 4.98 Å². The smallest absolute Gasteiger partial charge is 0.208 e. The molecule has 0 aliphatic rings. The highest BCUT2D eigenvalue weighted by Crippen LogP contribution is 2.30. The fourth-order valence-corrected chi connectivity index (χ4v) is 2.99. The van der Waals surface area contributed by atoms with Crippen LogP contribution < -0.4 is 4.74 Å². The van der Waals surface area contributed by atoms with Crippen LogP contribution in [0.25, 0.3) is 10.9 Å². The van der Waals surface area contributed by atoms with E-state index in [1.807, 2.05) is 36.6 Å². The van der Waals surface area contributed by atoms with Crippen molar-refractivity contribution in [2.24, 2.45) is 0 Å². The average molecular weight is 271 g/mol. The summed E-state index contributed by atoms with van der Waals surface area (Å²) in [5.74, 6) is 0.637. The maximum absolute atomic E-state index is 12.6. The summed E-state index contributed by atoms with van der Waals surface area (Å²) in [6, 6.07) is 7.85. The number of rotatable bonds is 3. The number of thiophene rings is 1. The van der Waals surface area contributed by atoms with Gasteiger partial charge in [0, 0.05) is 22.7 Å². The zero-order chi connectivity index (χ0) is 13.4. The molecular weight excluding hydrogens is 258 g/mol. The molecule has 0 bridgehead atoms. The standard InChI is InChI=1S/C15H13NO2S/c1-9-3-4-10-11(8-16-12(10)7-9)14(17)15-13(18-2)5-6-19-15/h3-8,16H,1-2H3. The first-order chi connectivity index (χ1) is 9.20. The number of aryl methyl sites for hydroxylation is 1. The number of aromatic nitrogens is 1. The predicted octanol–water partition coefficient (Wildman–Crippen LogP) is 3.78. The molecule has 0 spiro atoms. The second-order valence-electron chi connectivity index (χ2n) is 4.40. The minimum atomic E-state index is 0.00181. The van der Waals surface area contributed by atoms with Crippen LogP contribution in [-0.2, 0) is 0 Å². The van der Waals surface area contributed by atoms with E-state index >= 15 is 0 Å². The molecular formula is C15H13NO2S. The zero-order valence-corrected chi connectivity index (χ0v) is 11.5. The lowest BCUT2D eigenvalue weighted by atomic mass is 10.1. The molecule has 0 aliphatic carbocycles. The maximum atomic E-state index is 12.6. The Kier molecular flexibility index (Phi) is 2.87. The summed E-state index contributed by atoms with van der Waals surface area (Å²) in [4.78, 5) is 16.4. The number of H-pyrrole nitrogens is 1. The van der Waals surface area contributed by atoms with Crippen LogP contribution in [0.5, 0.6) is 5.75 Å². The van der Waals surface area contributed by atoms with Gasteiger partial charge < -0.3 is 9.72 Å². The Morgan fingerprint density at radius 2 is 2.16 bits per heavy atom. The molecule has 1 aromatic carbocycles. The molecule has 0 amide bonds. The number of aromatic amines is 1. The van der Waals surface area contributed by atoms with Crippen molar-refractivity contribution in [1.82, 2.24) is 4.98 Å². The van der Waals surface area contributed by atoms with E-state index in [0.29, 0.717) is 16.2 Å². The van der Waals surface area contributed by atoms with Crippen molar-refractivity contribution >= 4 is 28.0 Å².